The molecule has 1 saturated heterocycles. The van der Waals surface area contributed by atoms with Crippen LogP contribution >= 0.6 is 0 Å². The van der Waals surface area contributed by atoms with Crippen LogP contribution in [0.5, 0.6) is 0 Å². The first-order valence-electron chi connectivity index (χ1n) is 8.61. The average molecular weight is 258 g/mol. The molecule has 5 aliphatic rings. The highest BCUT2D eigenvalue weighted by Crippen LogP contribution is 2.68. The minimum absolute atomic E-state index is 0.521. The standard InChI is InChI=1S/C18H26O/c1-10-2-3-13(9-19-10)15-7-14-8-16(15)18-12-5-4-11(6-12)17(14)18/h4-5,10-18H,2-3,6-9H2,1H3. The maximum atomic E-state index is 5.97. The lowest BCUT2D eigenvalue weighted by Gasteiger charge is -2.41. The first-order chi connectivity index (χ1) is 9.31. The van der Waals surface area contributed by atoms with Crippen LogP contribution in [0.2, 0.25) is 0 Å². The van der Waals surface area contributed by atoms with Crippen molar-refractivity contribution in [3.63, 3.8) is 0 Å². The van der Waals surface area contributed by atoms with E-state index < -0.39 is 0 Å². The maximum Gasteiger partial charge on any atom is 0.0547 e. The predicted octanol–water partition coefficient (Wildman–Crippen LogP) is 3.90. The molecule has 0 spiro atoms. The molecule has 19 heavy (non-hydrogen) atoms. The molecular weight excluding hydrogens is 232 g/mol. The van der Waals surface area contributed by atoms with Crippen LogP contribution in [0.1, 0.15) is 39.0 Å². The van der Waals surface area contributed by atoms with Gasteiger partial charge in [0.15, 0.2) is 0 Å². The molecule has 0 N–H and O–H groups in total. The average Bonchev–Trinajstić information content (AvgIpc) is 3.17. The summed E-state index contributed by atoms with van der Waals surface area (Å²) in [5.41, 5.74) is 0. The molecule has 0 aromatic heterocycles. The van der Waals surface area contributed by atoms with Gasteiger partial charge in [0.25, 0.3) is 0 Å². The maximum absolute atomic E-state index is 5.97. The van der Waals surface area contributed by atoms with Crippen molar-refractivity contribution in [1.29, 1.82) is 0 Å². The number of hydrogen-bond acceptors (Lipinski definition) is 1. The fourth-order valence-corrected chi connectivity index (χ4v) is 6.85. The van der Waals surface area contributed by atoms with Gasteiger partial charge in [-0.2, -0.15) is 0 Å². The lowest BCUT2D eigenvalue weighted by molar-refractivity contribution is -0.0400. The van der Waals surface area contributed by atoms with Crippen molar-refractivity contribution in [2.24, 2.45) is 47.3 Å². The Morgan fingerprint density at radius 3 is 2.42 bits per heavy atom. The van der Waals surface area contributed by atoms with Gasteiger partial charge in [-0.05, 0) is 86.4 Å². The zero-order valence-electron chi connectivity index (χ0n) is 12.0. The number of ether oxygens (including phenoxy) is 1. The third kappa shape index (κ3) is 1.46. The Kier molecular flexibility index (Phi) is 2.32. The van der Waals surface area contributed by atoms with Gasteiger partial charge in [-0.1, -0.05) is 12.2 Å². The SMILES string of the molecule is CC1CCC(C2CC3CC2C2C4C=CC(C4)C32)CO1. The van der Waals surface area contributed by atoms with E-state index >= 15 is 0 Å². The highest BCUT2D eigenvalue weighted by Gasteiger charge is 2.61. The van der Waals surface area contributed by atoms with Gasteiger partial charge in [-0.15, -0.1) is 0 Å². The Labute approximate surface area is 116 Å². The van der Waals surface area contributed by atoms with E-state index in [4.69, 9.17) is 4.74 Å². The lowest BCUT2D eigenvalue weighted by Crippen LogP contribution is -2.38. The van der Waals surface area contributed by atoms with Crippen LogP contribution in [0, 0.1) is 47.3 Å². The van der Waals surface area contributed by atoms with E-state index in [0.717, 1.165) is 54.0 Å². The highest BCUT2D eigenvalue weighted by molar-refractivity contribution is 5.20. The fourth-order valence-electron chi connectivity index (χ4n) is 6.85. The van der Waals surface area contributed by atoms with E-state index in [1.165, 1.54) is 19.3 Å². The molecule has 0 amide bonds. The minimum Gasteiger partial charge on any atom is -0.378 e. The molecule has 0 aromatic carbocycles. The summed E-state index contributed by atoms with van der Waals surface area (Å²) in [5.74, 6) is 8.20. The van der Waals surface area contributed by atoms with Crippen molar-refractivity contribution >= 4 is 0 Å². The third-order valence-corrected chi connectivity index (χ3v) is 7.47. The van der Waals surface area contributed by atoms with Crippen LogP contribution in [-0.4, -0.2) is 12.7 Å². The Bertz CT molecular complexity index is 406. The summed E-state index contributed by atoms with van der Waals surface area (Å²) < 4.78 is 5.97. The Morgan fingerprint density at radius 2 is 1.63 bits per heavy atom. The van der Waals surface area contributed by atoms with E-state index in [9.17, 15) is 0 Å². The molecule has 3 saturated carbocycles. The molecule has 4 bridgehead atoms. The largest absolute Gasteiger partial charge is 0.378 e. The lowest BCUT2D eigenvalue weighted by atomic mass is 9.65. The molecule has 1 aliphatic heterocycles. The predicted molar refractivity (Wildman–Crippen MR) is 75.6 cm³/mol. The summed E-state index contributed by atoms with van der Waals surface area (Å²) in [6.45, 7) is 3.31. The molecule has 9 atom stereocenters. The molecule has 1 heteroatoms. The topological polar surface area (TPSA) is 9.23 Å². The van der Waals surface area contributed by atoms with E-state index in [-0.39, 0.29) is 0 Å². The monoisotopic (exact) mass is 258 g/mol. The van der Waals surface area contributed by atoms with Gasteiger partial charge < -0.3 is 4.74 Å². The minimum atomic E-state index is 0.521. The van der Waals surface area contributed by atoms with Crippen LogP contribution < -0.4 is 0 Å². The van der Waals surface area contributed by atoms with Crippen molar-refractivity contribution in [2.75, 3.05) is 6.61 Å². The van der Waals surface area contributed by atoms with E-state index in [2.05, 4.69) is 19.1 Å². The molecule has 1 nitrogen and oxygen atoms in total. The number of allylic oxidation sites excluding steroid dienone is 2. The van der Waals surface area contributed by atoms with Gasteiger partial charge in [0.1, 0.15) is 0 Å². The molecule has 9 unspecified atom stereocenters. The van der Waals surface area contributed by atoms with Gasteiger partial charge in [0.05, 0.1) is 12.7 Å². The van der Waals surface area contributed by atoms with E-state index in [1.807, 2.05) is 0 Å². The summed E-state index contributed by atoms with van der Waals surface area (Å²) in [4.78, 5) is 0. The van der Waals surface area contributed by atoms with Gasteiger partial charge in [0, 0.05) is 0 Å². The molecular formula is C18H26O. The van der Waals surface area contributed by atoms with Crippen molar-refractivity contribution in [1.82, 2.24) is 0 Å². The second kappa shape index (κ2) is 3.87. The molecule has 4 fully saturated rings. The Morgan fingerprint density at radius 1 is 0.842 bits per heavy atom. The Balaban J connectivity index is 1.37. The molecule has 104 valence electrons. The zero-order valence-corrected chi connectivity index (χ0v) is 12.0. The van der Waals surface area contributed by atoms with Crippen molar-refractivity contribution in [3.05, 3.63) is 12.2 Å². The van der Waals surface area contributed by atoms with Crippen LogP contribution in [0.3, 0.4) is 0 Å². The van der Waals surface area contributed by atoms with Crippen molar-refractivity contribution < 1.29 is 4.74 Å². The van der Waals surface area contributed by atoms with Crippen LogP contribution in [0.15, 0.2) is 12.2 Å². The van der Waals surface area contributed by atoms with E-state index in [1.54, 1.807) is 12.8 Å². The second-order valence-electron chi connectivity index (χ2n) is 8.14. The summed E-state index contributed by atoms with van der Waals surface area (Å²) in [5, 5.41) is 0. The molecule has 5 rings (SSSR count). The van der Waals surface area contributed by atoms with Crippen molar-refractivity contribution in [3.8, 4) is 0 Å². The van der Waals surface area contributed by atoms with Gasteiger partial charge in [0.2, 0.25) is 0 Å². The summed E-state index contributed by atoms with van der Waals surface area (Å²) in [7, 11) is 0. The molecule has 0 aromatic rings. The molecule has 4 aliphatic carbocycles. The van der Waals surface area contributed by atoms with Gasteiger partial charge in [-0.3, -0.25) is 0 Å². The van der Waals surface area contributed by atoms with Gasteiger partial charge in [-0.25, -0.2) is 0 Å². The quantitative estimate of drug-likeness (QED) is 0.512. The van der Waals surface area contributed by atoms with E-state index in [0.29, 0.717) is 6.10 Å². The summed E-state index contributed by atoms with van der Waals surface area (Å²) >= 11 is 0. The molecule has 0 radical (unpaired) electrons. The number of fused-ring (bicyclic) bond motifs is 9. The first kappa shape index (κ1) is 11.4. The van der Waals surface area contributed by atoms with Crippen LogP contribution in [0.25, 0.3) is 0 Å². The summed E-state index contributed by atoms with van der Waals surface area (Å²) in [6.07, 6.45) is 13.0. The Hall–Kier alpha value is -0.300. The van der Waals surface area contributed by atoms with Gasteiger partial charge >= 0.3 is 0 Å². The number of rotatable bonds is 1. The second-order valence-corrected chi connectivity index (χ2v) is 8.14. The zero-order chi connectivity index (χ0) is 12.6. The normalized spacial score (nSPS) is 61.8. The van der Waals surface area contributed by atoms with Crippen LogP contribution in [0.4, 0.5) is 0 Å². The fraction of sp³-hybridized carbons (Fsp3) is 0.889. The third-order valence-electron chi connectivity index (χ3n) is 7.47. The smallest absolute Gasteiger partial charge is 0.0547 e. The first-order valence-corrected chi connectivity index (χ1v) is 8.61. The highest BCUT2D eigenvalue weighted by atomic mass is 16.5. The molecule has 1 heterocycles. The van der Waals surface area contributed by atoms with Crippen LogP contribution in [-0.2, 0) is 4.74 Å². The number of hydrogen-bond donors (Lipinski definition) is 0. The summed E-state index contributed by atoms with van der Waals surface area (Å²) in [6, 6.07) is 0. The van der Waals surface area contributed by atoms with Crippen molar-refractivity contribution in [2.45, 2.75) is 45.1 Å².